The van der Waals surface area contributed by atoms with E-state index in [9.17, 15) is 13.2 Å². The van der Waals surface area contributed by atoms with Crippen LogP contribution in [0.3, 0.4) is 0 Å². The number of amides is 1. The van der Waals surface area contributed by atoms with Crippen molar-refractivity contribution >= 4 is 55.2 Å². The van der Waals surface area contributed by atoms with Crippen LogP contribution in [-0.2, 0) is 9.84 Å². The number of carbonyl (C=O) groups is 1. The molecule has 0 aliphatic heterocycles. The third-order valence-corrected chi connectivity index (χ3v) is 5.51. The average molecular weight is 408 g/mol. The molecule has 3 aromatic rings. The van der Waals surface area contributed by atoms with Crippen molar-refractivity contribution < 1.29 is 13.2 Å². The summed E-state index contributed by atoms with van der Waals surface area (Å²) in [6.07, 6.45) is 1.15. The smallest absolute Gasteiger partial charge is 0.275 e. The van der Waals surface area contributed by atoms with Gasteiger partial charge in [0, 0.05) is 28.0 Å². The fourth-order valence-electron chi connectivity index (χ4n) is 2.07. The van der Waals surface area contributed by atoms with Crippen molar-refractivity contribution in [1.29, 1.82) is 0 Å². The van der Waals surface area contributed by atoms with Gasteiger partial charge in [0.1, 0.15) is 5.69 Å². The molecule has 2 aromatic carbocycles. The number of hydrogen-bond donors (Lipinski definition) is 2. The molecule has 1 aromatic heterocycles. The zero-order valence-electron chi connectivity index (χ0n) is 13.6. The van der Waals surface area contributed by atoms with Crippen LogP contribution in [0.15, 0.2) is 58.8 Å². The molecule has 0 saturated carbocycles. The van der Waals surface area contributed by atoms with Crippen molar-refractivity contribution in [1.82, 2.24) is 4.98 Å². The minimum atomic E-state index is -3.23. The lowest BCUT2D eigenvalue weighted by molar-refractivity contribution is 0.102. The number of sulfone groups is 1. The van der Waals surface area contributed by atoms with Crippen molar-refractivity contribution in [3.63, 3.8) is 0 Å². The van der Waals surface area contributed by atoms with Gasteiger partial charge in [-0.1, -0.05) is 11.6 Å². The first kappa shape index (κ1) is 18.4. The molecule has 0 fully saturated rings. The number of halogens is 1. The highest BCUT2D eigenvalue weighted by Gasteiger charge is 2.12. The van der Waals surface area contributed by atoms with E-state index in [0.717, 1.165) is 6.26 Å². The molecule has 134 valence electrons. The predicted molar refractivity (Wildman–Crippen MR) is 104 cm³/mol. The summed E-state index contributed by atoms with van der Waals surface area (Å²) >= 11 is 7.09. The Kier molecular flexibility index (Phi) is 5.26. The van der Waals surface area contributed by atoms with Crippen molar-refractivity contribution in [2.75, 3.05) is 16.9 Å². The lowest BCUT2D eigenvalue weighted by Gasteiger charge is -2.04. The van der Waals surface area contributed by atoms with Crippen LogP contribution in [0.4, 0.5) is 16.5 Å². The fourth-order valence-corrected chi connectivity index (χ4v) is 3.54. The van der Waals surface area contributed by atoms with E-state index in [1.807, 2.05) is 0 Å². The second kappa shape index (κ2) is 7.45. The van der Waals surface area contributed by atoms with Gasteiger partial charge < -0.3 is 10.6 Å². The van der Waals surface area contributed by atoms with Crippen LogP contribution in [0.2, 0.25) is 5.02 Å². The first-order valence-corrected chi connectivity index (χ1v) is 10.6. The minimum absolute atomic E-state index is 0.241. The van der Waals surface area contributed by atoms with Gasteiger partial charge in [-0.2, -0.15) is 0 Å². The number of hydrogen-bond acceptors (Lipinski definition) is 6. The summed E-state index contributed by atoms with van der Waals surface area (Å²) in [4.78, 5) is 16.7. The molecule has 0 saturated heterocycles. The third-order valence-electron chi connectivity index (χ3n) is 3.37. The zero-order valence-corrected chi connectivity index (χ0v) is 16.0. The highest BCUT2D eigenvalue weighted by molar-refractivity contribution is 7.90. The third kappa shape index (κ3) is 4.60. The van der Waals surface area contributed by atoms with Gasteiger partial charge in [0.05, 0.1) is 4.90 Å². The van der Waals surface area contributed by atoms with Crippen LogP contribution in [-0.4, -0.2) is 25.6 Å². The molecule has 2 N–H and O–H groups in total. The summed E-state index contributed by atoms with van der Waals surface area (Å²) in [6.45, 7) is 0. The molecular formula is C17H14ClN3O3S2. The van der Waals surface area contributed by atoms with Gasteiger partial charge in [-0.05, 0) is 48.5 Å². The van der Waals surface area contributed by atoms with Gasteiger partial charge >= 0.3 is 0 Å². The highest BCUT2D eigenvalue weighted by Crippen LogP contribution is 2.23. The monoisotopic (exact) mass is 407 g/mol. The van der Waals surface area contributed by atoms with Gasteiger partial charge in [0.25, 0.3) is 5.91 Å². The Bertz CT molecular complexity index is 1030. The molecule has 1 heterocycles. The molecule has 0 atom stereocenters. The fraction of sp³-hybridized carbons (Fsp3) is 0.0588. The number of carbonyl (C=O) groups excluding carboxylic acids is 1. The molecule has 9 heteroatoms. The summed E-state index contributed by atoms with van der Waals surface area (Å²) < 4.78 is 22.9. The highest BCUT2D eigenvalue weighted by atomic mass is 35.5. The molecule has 0 aliphatic carbocycles. The Morgan fingerprint density at radius 2 is 1.65 bits per heavy atom. The summed E-state index contributed by atoms with van der Waals surface area (Å²) in [6, 6.07) is 13.1. The van der Waals surface area contributed by atoms with Crippen LogP contribution >= 0.6 is 22.9 Å². The van der Waals surface area contributed by atoms with E-state index in [1.165, 1.54) is 23.5 Å². The SMILES string of the molecule is CS(=O)(=O)c1ccc(Nc2nc(C(=O)Nc3ccc(Cl)cc3)cs2)cc1. The minimum Gasteiger partial charge on any atom is -0.332 e. The van der Waals surface area contributed by atoms with E-state index in [-0.39, 0.29) is 16.5 Å². The molecule has 6 nitrogen and oxygen atoms in total. The number of nitrogens with one attached hydrogen (secondary N) is 2. The molecular weight excluding hydrogens is 394 g/mol. The quantitative estimate of drug-likeness (QED) is 0.661. The molecule has 0 aliphatic rings. The zero-order chi connectivity index (χ0) is 18.7. The van der Waals surface area contributed by atoms with E-state index in [1.54, 1.807) is 41.8 Å². The summed E-state index contributed by atoms with van der Waals surface area (Å²) in [5, 5.41) is 8.53. The molecule has 0 radical (unpaired) electrons. The lowest BCUT2D eigenvalue weighted by Crippen LogP contribution is -2.12. The van der Waals surface area contributed by atoms with Gasteiger partial charge in [0.2, 0.25) is 0 Å². The number of rotatable bonds is 5. The maximum absolute atomic E-state index is 12.2. The standard InChI is InChI=1S/C17H14ClN3O3S2/c1-26(23,24)14-8-6-13(7-9-14)20-17-21-15(10-25-17)16(22)19-12-4-2-11(18)3-5-12/h2-10H,1H3,(H,19,22)(H,20,21). The van der Waals surface area contributed by atoms with Gasteiger partial charge in [-0.3, -0.25) is 4.79 Å². The predicted octanol–water partition coefficient (Wildman–Crippen LogP) is 4.20. The van der Waals surface area contributed by atoms with Crippen LogP contribution < -0.4 is 10.6 Å². The molecule has 1 amide bonds. The maximum Gasteiger partial charge on any atom is 0.275 e. The number of aromatic nitrogens is 1. The van der Waals surface area contributed by atoms with Crippen LogP contribution in [0.25, 0.3) is 0 Å². The topological polar surface area (TPSA) is 88.2 Å². The summed E-state index contributed by atoms with van der Waals surface area (Å²) in [7, 11) is -3.23. The molecule has 0 unspecified atom stereocenters. The van der Waals surface area contributed by atoms with Crippen LogP contribution in [0.1, 0.15) is 10.5 Å². The van der Waals surface area contributed by atoms with Crippen molar-refractivity contribution in [2.45, 2.75) is 4.90 Å². The van der Waals surface area contributed by atoms with Crippen molar-refractivity contribution in [3.05, 3.63) is 64.6 Å². The van der Waals surface area contributed by atoms with E-state index in [0.29, 0.717) is 21.5 Å². The Morgan fingerprint density at radius 3 is 2.27 bits per heavy atom. The number of thiazole rings is 1. The van der Waals surface area contributed by atoms with E-state index in [2.05, 4.69) is 15.6 Å². The summed E-state index contributed by atoms with van der Waals surface area (Å²) in [5.74, 6) is -0.330. The summed E-state index contributed by atoms with van der Waals surface area (Å²) in [5.41, 5.74) is 1.58. The maximum atomic E-state index is 12.2. The normalized spacial score (nSPS) is 11.2. The Labute approximate surface area is 159 Å². The lowest BCUT2D eigenvalue weighted by atomic mass is 10.3. The van der Waals surface area contributed by atoms with Gasteiger partial charge in [-0.25, -0.2) is 13.4 Å². The number of benzene rings is 2. The number of anilines is 3. The number of nitrogens with zero attached hydrogens (tertiary/aromatic N) is 1. The Balaban J connectivity index is 1.67. The average Bonchev–Trinajstić information content (AvgIpc) is 3.05. The molecule has 0 spiro atoms. The Morgan fingerprint density at radius 1 is 1.04 bits per heavy atom. The first-order valence-electron chi connectivity index (χ1n) is 7.41. The molecule has 26 heavy (non-hydrogen) atoms. The Hall–Kier alpha value is -2.42. The second-order valence-electron chi connectivity index (χ2n) is 5.42. The van der Waals surface area contributed by atoms with Crippen LogP contribution in [0.5, 0.6) is 0 Å². The van der Waals surface area contributed by atoms with Gasteiger partial charge in [0.15, 0.2) is 15.0 Å². The van der Waals surface area contributed by atoms with Crippen molar-refractivity contribution in [3.8, 4) is 0 Å². The van der Waals surface area contributed by atoms with Crippen LogP contribution in [0, 0.1) is 0 Å². The molecule has 0 bridgehead atoms. The van der Waals surface area contributed by atoms with E-state index >= 15 is 0 Å². The van der Waals surface area contributed by atoms with Crippen molar-refractivity contribution in [2.24, 2.45) is 0 Å². The molecule has 3 rings (SSSR count). The van der Waals surface area contributed by atoms with Gasteiger partial charge in [-0.15, -0.1) is 11.3 Å². The van der Waals surface area contributed by atoms with E-state index < -0.39 is 9.84 Å². The van der Waals surface area contributed by atoms with E-state index in [4.69, 9.17) is 11.6 Å². The first-order chi connectivity index (χ1) is 12.3. The largest absolute Gasteiger partial charge is 0.332 e. The second-order valence-corrected chi connectivity index (χ2v) is 8.73.